The lowest BCUT2D eigenvalue weighted by molar-refractivity contribution is -0.252. The second-order valence-corrected chi connectivity index (χ2v) is 12.4. The molecule has 0 saturated carbocycles. The van der Waals surface area contributed by atoms with Crippen molar-refractivity contribution in [2.75, 3.05) is 25.5 Å². The molecule has 2 amide bonds. The molecule has 0 radical (unpaired) electrons. The molecule has 1 aliphatic rings. The quantitative estimate of drug-likeness (QED) is 0.109. The van der Waals surface area contributed by atoms with Crippen LogP contribution in [-0.4, -0.2) is 42.3 Å². The van der Waals surface area contributed by atoms with Crippen molar-refractivity contribution in [1.29, 1.82) is 0 Å². The van der Waals surface area contributed by atoms with Crippen molar-refractivity contribution >= 4 is 11.7 Å². The molecule has 0 bridgehead atoms. The molecule has 0 aromatic heterocycles. The second kappa shape index (κ2) is 16.9. The Hall–Kier alpha value is -5.25. The Morgan fingerprint density at radius 2 is 1.56 bits per heavy atom. The van der Waals surface area contributed by atoms with Gasteiger partial charge >= 0.3 is 6.03 Å². The zero-order valence-electron chi connectivity index (χ0n) is 28.2. The highest BCUT2D eigenvalue weighted by Gasteiger charge is 2.32. The van der Waals surface area contributed by atoms with Crippen LogP contribution in [0, 0.1) is 0 Å². The minimum atomic E-state index is -0.524. The summed E-state index contributed by atoms with van der Waals surface area (Å²) in [6.07, 6.45) is 1.92. The van der Waals surface area contributed by atoms with Crippen molar-refractivity contribution in [1.82, 2.24) is 10.2 Å². The van der Waals surface area contributed by atoms with E-state index in [1.54, 1.807) is 0 Å². The molecule has 8 nitrogen and oxygen atoms in total. The topological polar surface area (TPSA) is 92.3 Å². The number of hydrogen-bond donors (Lipinski definition) is 3. The summed E-state index contributed by atoms with van der Waals surface area (Å²) in [4.78, 5) is 14.9. The molecule has 0 unspecified atom stereocenters. The smallest absolute Gasteiger partial charge is 0.319 e. The number of aliphatic hydroxyl groups is 1. The highest BCUT2D eigenvalue weighted by Crippen LogP contribution is 2.38. The SMILES string of the molecule is C=CCN(C)C[C@@H]1C[C@H](c2ccc(CO)cc2)O[C@H](c2ccc(-c3cccc(CNC(=O)Nc4ccc(Oc5ccccc5)cc4)c3)cc2)O1. The van der Waals surface area contributed by atoms with Crippen LogP contribution in [-0.2, 0) is 22.6 Å². The van der Waals surface area contributed by atoms with E-state index in [0.29, 0.717) is 18.0 Å². The highest BCUT2D eigenvalue weighted by molar-refractivity contribution is 5.89. The standard InChI is InChI=1S/C42H43N3O5/c1-3-24-45(2)28-39-26-40(33-14-12-30(29-46)13-15-33)50-41(49-39)34-18-16-32(17-19-34)35-9-7-8-31(25-35)27-43-42(47)44-36-20-22-38(23-21-36)48-37-10-5-4-6-11-37/h3-23,25,39-41,46H,1,24,26-29H2,2H3,(H2,43,44,47)/t39-,40+,41+/m0/s1. The number of likely N-dealkylation sites (N-methyl/N-ethyl adjacent to an activating group) is 1. The van der Waals surface area contributed by atoms with Gasteiger partial charge in [0, 0.05) is 37.3 Å². The van der Waals surface area contributed by atoms with E-state index in [-0.39, 0.29) is 24.8 Å². The van der Waals surface area contributed by atoms with E-state index in [4.69, 9.17) is 14.2 Å². The van der Waals surface area contributed by atoms with Gasteiger partial charge in [-0.2, -0.15) is 0 Å². The predicted molar refractivity (Wildman–Crippen MR) is 197 cm³/mol. The molecular weight excluding hydrogens is 626 g/mol. The molecule has 50 heavy (non-hydrogen) atoms. The zero-order chi connectivity index (χ0) is 34.7. The molecule has 8 heteroatoms. The molecule has 0 spiro atoms. The van der Waals surface area contributed by atoms with Gasteiger partial charge in [-0.15, -0.1) is 6.58 Å². The lowest BCUT2D eigenvalue weighted by Crippen LogP contribution is -2.37. The second-order valence-electron chi connectivity index (χ2n) is 12.4. The van der Waals surface area contributed by atoms with Gasteiger partial charge in [0.15, 0.2) is 6.29 Å². The van der Waals surface area contributed by atoms with Crippen LogP contribution in [0.3, 0.4) is 0 Å². The normalized spacial score (nSPS) is 17.2. The Kier molecular flexibility index (Phi) is 11.7. The molecule has 3 atom stereocenters. The van der Waals surface area contributed by atoms with Crippen molar-refractivity contribution in [2.45, 2.75) is 38.1 Å². The van der Waals surface area contributed by atoms with Gasteiger partial charge in [0.2, 0.25) is 0 Å². The minimum absolute atomic E-state index is 0.00915. The number of carbonyl (C=O) groups excluding carboxylic acids is 1. The Morgan fingerprint density at radius 1 is 0.840 bits per heavy atom. The van der Waals surface area contributed by atoms with Crippen LogP contribution in [0.1, 0.15) is 41.1 Å². The largest absolute Gasteiger partial charge is 0.457 e. The molecule has 1 saturated heterocycles. The van der Waals surface area contributed by atoms with Crippen molar-refractivity contribution in [3.05, 3.63) is 162 Å². The van der Waals surface area contributed by atoms with E-state index >= 15 is 0 Å². The number of benzene rings is 5. The van der Waals surface area contributed by atoms with Crippen LogP contribution < -0.4 is 15.4 Å². The van der Waals surface area contributed by atoms with Crippen molar-refractivity contribution in [3.8, 4) is 22.6 Å². The minimum Gasteiger partial charge on any atom is -0.457 e. The molecule has 5 aromatic carbocycles. The molecule has 6 rings (SSSR count). The van der Waals surface area contributed by atoms with Crippen LogP contribution in [0.2, 0.25) is 0 Å². The van der Waals surface area contributed by atoms with Crippen LogP contribution in [0.25, 0.3) is 11.1 Å². The number of nitrogens with zero attached hydrogens (tertiary/aromatic N) is 1. The number of ether oxygens (including phenoxy) is 3. The summed E-state index contributed by atoms with van der Waals surface area (Å²) in [7, 11) is 2.06. The maximum Gasteiger partial charge on any atom is 0.319 e. The Labute approximate surface area is 293 Å². The molecular formula is C42H43N3O5. The summed E-state index contributed by atoms with van der Waals surface area (Å²) < 4.78 is 18.8. The predicted octanol–water partition coefficient (Wildman–Crippen LogP) is 8.62. The van der Waals surface area contributed by atoms with Crippen LogP contribution in [0.15, 0.2) is 140 Å². The third-order valence-electron chi connectivity index (χ3n) is 8.56. The number of aliphatic hydroxyl groups excluding tert-OH is 1. The van der Waals surface area contributed by atoms with Gasteiger partial charge in [0.05, 0.1) is 18.8 Å². The first-order chi connectivity index (χ1) is 24.4. The van der Waals surface area contributed by atoms with E-state index in [1.165, 1.54) is 0 Å². The molecule has 1 fully saturated rings. The fraction of sp³-hybridized carbons (Fsp3) is 0.214. The van der Waals surface area contributed by atoms with E-state index in [0.717, 1.165) is 58.6 Å². The summed E-state index contributed by atoms with van der Waals surface area (Å²) in [6, 6.07) is 40.8. The van der Waals surface area contributed by atoms with Crippen molar-refractivity contribution in [2.24, 2.45) is 0 Å². The summed E-state index contributed by atoms with van der Waals surface area (Å²) in [6.45, 7) is 5.78. The first kappa shape index (κ1) is 34.6. The first-order valence-corrected chi connectivity index (χ1v) is 16.8. The third-order valence-corrected chi connectivity index (χ3v) is 8.56. The van der Waals surface area contributed by atoms with Gasteiger partial charge < -0.3 is 34.9 Å². The van der Waals surface area contributed by atoms with Gasteiger partial charge in [-0.05, 0) is 77.3 Å². The Morgan fingerprint density at radius 3 is 2.28 bits per heavy atom. The number of urea groups is 1. The van der Waals surface area contributed by atoms with Gasteiger partial charge in [0.1, 0.15) is 11.5 Å². The third kappa shape index (κ3) is 9.46. The molecule has 1 aliphatic heterocycles. The summed E-state index contributed by atoms with van der Waals surface area (Å²) in [5, 5.41) is 15.3. The van der Waals surface area contributed by atoms with E-state index in [2.05, 4.69) is 65.6 Å². The van der Waals surface area contributed by atoms with Gasteiger partial charge in [-0.3, -0.25) is 0 Å². The Balaban J connectivity index is 1.06. The zero-order valence-corrected chi connectivity index (χ0v) is 28.2. The van der Waals surface area contributed by atoms with Crippen LogP contribution >= 0.6 is 0 Å². The molecule has 5 aromatic rings. The number of rotatable bonds is 13. The fourth-order valence-electron chi connectivity index (χ4n) is 5.96. The van der Waals surface area contributed by atoms with E-state index < -0.39 is 6.29 Å². The highest BCUT2D eigenvalue weighted by atomic mass is 16.7. The molecule has 1 heterocycles. The summed E-state index contributed by atoms with van der Waals surface area (Å²) in [5.41, 5.74) is 6.62. The molecule has 0 aliphatic carbocycles. The lowest BCUT2D eigenvalue weighted by atomic mass is 9.99. The number of hydrogen-bond acceptors (Lipinski definition) is 6. The van der Waals surface area contributed by atoms with Crippen LogP contribution in [0.4, 0.5) is 10.5 Å². The monoisotopic (exact) mass is 669 g/mol. The van der Waals surface area contributed by atoms with E-state index in [1.807, 2.05) is 97.1 Å². The maximum atomic E-state index is 12.7. The average molecular weight is 670 g/mol. The maximum absolute atomic E-state index is 12.7. The van der Waals surface area contributed by atoms with Gasteiger partial charge in [-0.25, -0.2) is 4.79 Å². The Bertz CT molecular complexity index is 1830. The number of carbonyl (C=O) groups is 1. The lowest BCUT2D eigenvalue weighted by Gasteiger charge is -2.37. The molecule has 3 N–H and O–H groups in total. The van der Waals surface area contributed by atoms with Crippen LogP contribution in [0.5, 0.6) is 11.5 Å². The van der Waals surface area contributed by atoms with Crippen molar-refractivity contribution in [3.63, 3.8) is 0 Å². The van der Waals surface area contributed by atoms with E-state index in [9.17, 15) is 9.90 Å². The van der Waals surface area contributed by atoms with Crippen molar-refractivity contribution < 1.29 is 24.1 Å². The average Bonchev–Trinajstić information content (AvgIpc) is 3.15. The van der Waals surface area contributed by atoms with Gasteiger partial charge in [-0.1, -0.05) is 91.0 Å². The molecule has 256 valence electrons. The summed E-state index contributed by atoms with van der Waals surface area (Å²) in [5.74, 6) is 1.45. The number of anilines is 1. The summed E-state index contributed by atoms with van der Waals surface area (Å²) >= 11 is 0. The fourth-order valence-corrected chi connectivity index (χ4v) is 5.96. The number of nitrogens with one attached hydrogen (secondary N) is 2. The first-order valence-electron chi connectivity index (χ1n) is 16.8. The number of para-hydroxylation sites is 1. The van der Waals surface area contributed by atoms with Gasteiger partial charge in [0.25, 0.3) is 0 Å². The number of amides is 2.